The number of rotatable bonds is 4. The second kappa shape index (κ2) is 6.61. The van der Waals surface area contributed by atoms with E-state index in [0.717, 1.165) is 32.2 Å². The quantitative estimate of drug-likeness (QED) is 0.917. The molecule has 1 aliphatic heterocycles. The summed E-state index contributed by atoms with van der Waals surface area (Å²) in [6.45, 7) is 8.16. The molecule has 1 saturated heterocycles. The Kier molecular flexibility index (Phi) is 5.07. The summed E-state index contributed by atoms with van der Waals surface area (Å²) in [6, 6.07) is 3.85. The maximum Gasteiger partial charge on any atom is 0.128 e. The fourth-order valence-electron chi connectivity index (χ4n) is 2.81. The first-order valence-corrected chi connectivity index (χ1v) is 7.16. The molecule has 0 aliphatic carbocycles. The van der Waals surface area contributed by atoms with E-state index in [2.05, 4.69) is 23.6 Å². The van der Waals surface area contributed by atoms with Crippen LogP contribution in [0.4, 0.5) is 8.78 Å². The summed E-state index contributed by atoms with van der Waals surface area (Å²) in [7, 11) is 0. The molecule has 5 heteroatoms. The van der Waals surface area contributed by atoms with Gasteiger partial charge in [-0.1, -0.05) is 0 Å². The Morgan fingerprint density at radius 1 is 1.10 bits per heavy atom. The van der Waals surface area contributed by atoms with Crippen molar-refractivity contribution >= 4 is 0 Å². The molecule has 0 aromatic heterocycles. The molecule has 0 spiro atoms. The van der Waals surface area contributed by atoms with E-state index >= 15 is 0 Å². The molecule has 0 bridgehead atoms. The minimum atomic E-state index is -0.416. The van der Waals surface area contributed by atoms with Crippen molar-refractivity contribution in [3.63, 3.8) is 0 Å². The van der Waals surface area contributed by atoms with Gasteiger partial charge in [-0.3, -0.25) is 9.80 Å². The molecule has 1 heterocycles. The van der Waals surface area contributed by atoms with Gasteiger partial charge in [0.1, 0.15) is 11.6 Å². The monoisotopic (exact) mass is 283 g/mol. The van der Waals surface area contributed by atoms with Crippen molar-refractivity contribution in [1.82, 2.24) is 9.80 Å². The van der Waals surface area contributed by atoms with Gasteiger partial charge in [-0.25, -0.2) is 8.78 Å². The molecular weight excluding hydrogens is 260 g/mol. The zero-order valence-electron chi connectivity index (χ0n) is 12.1. The first-order valence-electron chi connectivity index (χ1n) is 7.16. The van der Waals surface area contributed by atoms with Gasteiger partial charge in [-0.05, 0) is 32.0 Å². The largest absolute Gasteiger partial charge is 0.329 e. The molecule has 1 aliphatic rings. The second-order valence-electron chi connectivity index (χ2n) is 5.58. The molecule has 2 rings (SSSR count). The lowest BCUT2D eigenvalue weighted by Crippen LogP contribution is -2.51. The van der Waals surface area contributed by atoms with Gasteiger partial charge in [0, 0.05) is 44.3 Å². The molecule has 1 atom stereocenters. The number of hydrogen-bond donors (Lipinski definition) is 1. The number of benzene rings is 1. The molecule has 1 aromatic carbocycles. The fourth-order valence-corrected chi connectivity index (χ4v) is 2.81. The minimum Gasteiger partial charge on any atom is -0.329 e. The molecule has 3 nitrogen and oxygen atoms in total. The number of halogens is 2. The summed E-state index contributed by atoms with van der Waals surface area (Å²) in [5.41, 5.74) is 6.17. The van der Waals surface area contributed by atoms with Crippen molar-refractivity contribution in [3.8, 4) is 0 Å². The van der Waals surface area contributed by atoms with Gasteiger partial charge < -0.3 is 5.73 Å². The van der Waals surface area contributed by atoms with Gasteiger partial charge in [0.05, 0.1) is 6.04 Å². The molecule has 1 fully saturated rings. The minimum absolute atomic E-state index is 0.250. The zero-order valence-corrected chi connectivity index (χ0v) is 12.1. The second-order valence-corrected chi connectivity index (χ2v) is 5.58. The third kappa shape index (κ3) is 3.34. The average molecular weight is 283 g/mol. The van der Waals surface area contributed by atoms with E-state index in [0.29, 0.717) is 18.2 Å². The molecule has 0 radical (unpaired) electrons. The van der Waals surface area contributed by atoms with Crippen LogP contribution in [0, 0.1) is 11.6 Å². The number of nitrogens with zero attached hydrogens (tertiary/aromatic N) is 2. The standard InChI is InChI=1S/C15H23F2N3/c1-11(2)19-5-7-20(8-6-19)15(10-18)13-9-12(16)3-4-14(13)17/h3-4,9,11,15H,5-8,10,18H2,1-2H3. The predicted molar refractivity (Wildman–Crippen MR) is 76.4 cm³/mol. The van der Waals surface area contributed by atoms with Gasteiger partial charge in [0.25, 0.3) is 0 Å². The van der Waals surface area contributed by atoms with E-state index in [1.165, 1.54) is 12.1 Å². The van der Waals surface area contributed by atoms with Crippen molar-refractivity contribution in [2.75, 3.05) is 32.7 Å². The zero-order chi connectivity index (χ0) is 14.7. The highest BCUT2D eigenvalue weighted by molar-refractivity contribution is 5.23. The lowest BCUT2D eigenvalue weighted by molar-refractivity contribution is 0.0790. The Morgan fingerprint density at radius 3 is 2.25 bits per heavy atom. The third-order valence-corrected chi connectivity index (χ3v) is 4.06. The number of hydrogen-bond acceptors (Lipinski definition) is 3. The van der Waals surface area contributed by atoms with E-state index in [-0.39, 0.29) is 11.9 Å². The molecular formula is C15H23F2N3. The Morgan fingerprint density at radius 2 is 1.70 bits per heavy atom. The Labute approximate surface area is 119 Å². The first kappa shape index (κ1) is 15.4. The number of piperazine rings is 1. The van der Waals surface area contributed by atoms with Crippen LogP contribution in [-0.4, -0.2) is 48.6 Å². The van der Waals surface area contributed by atoms with Crippen LogP contribution >= 0.6 is 0 Å². The van der Waals surface area contributed by atoms with Crippen LogP contribution in [0.2, 0.25) is 0 Å². The summed E-state index contributed by atoms with van der Waals surface area (Å²) >= 11 is 0. The molecule has 1 aromatic rings. The van der Waals surface area contributed by atoms with Gasteiger partial charge in [0.15, 0.2) is 0 Å². The van der Waals surface area contributed by atoms with Crippen LogP contribution in [0.3, 0.4) is 0 Å². The fraction of sp³-hybridized carbons (Fsp3) is 0.600. The van der Waals surface area contributed by atoms with E-state index < -0.39 is 5.82 Å². The lowest BCUT2D eigenvalue weighted by Gasteiger charge is -2.40. The Balaban J connectivity index is 2.11. The summed E-state index contributed by atoms with van der Waals surface area (Å²) < 4.78 is 27.3. The molecule has 1 unspecified atom stereocenters. The van der Waals surface area contributed by atoms with Crippen LogP contribution < -0.4 is 5.73 Å². The van der Waals surface area contributed by atoms with Gasteiger partial charge in [0.2, 0.25) is 0 Å². The summed E-state index contributed by atoms with van der Waals surface area (Å²) in [4.78, 5) is 4.53. The predicted octanol–water partition coefficient (Wildman–Crippen LogP) is 1.99. The molecule has 0 amide bonds. The van der Waals surface area contributed by atoms with Crippen molar-refractivity contribution in [2.24, 2.45) is 5.73 Å². The van der Waals surface area contributed by atoms with Crippen LogP contribution in [0.25, 0.3) is 0 Å². The highest BCUT2D eigenvalue weighted by Crippen LogP contribution is 2.25. The third-order valence-electron chi connectivity index (χ3n) is 4.06. The Bertz CT molecular complexity index is 443. The maximum absolute atomic E-state index is 13.9. The molecule has 2 N–H and O–H groups in total. The first-order chi connectivity index (χ1) is 9.52. The SMILES string of the molecule is CC(C)N1CCN(C(CN)c2cc(F)ccc2F)CC1. The van der Waals surface area contributed by atoms with E-state index in [9.17, 15) is 8.78 Å². The highest BCUT2D eigenvalue weighted by atomic mass is 19.1. The van der Waals surface area contributed by atoms with E-state index in [4.69, 9.17) is 5.73 Å². The van der Waals surface area contributed by atoms with E-state index in [1.54, 1.807) is 0 Å². The summed E-state index contributed by atoms with van der Waals surface area (Å²) in [5.74, 6) is -0.797. The molecule has 112 valence electrons. The molecule has 20 heavy (non-hydrogen) atoms. The smallest absolute Gasteiger partial charge is 0.128 e. The number of nitrogens with two attached hydrogens (primary N) is 1. The maximum atomic E-state index is 13.9. The van der Waals surface area contributed by atoms with Crippen molar-refractivity contribution in [1.29, 1.82) is 0 Å². The van der Waals surface area contributed by atoms with Gasteiger partial charge in [-0.15, -0.1) is 0 Å². The normalized spacial score (nSPS) is 19.5. The van der Waals surface area contributed by atoms with Gasteiger partial charge in [-0.2, -0.15) is 0 Å². The van der Waals surface area contributed by atoms with Crippen LogP contribution in [0.15, 0.2) is 18.2 Å². The van der Waals surface area contributed by atoms with Crippen LogP contribution in [0.5, 0.6) is 0 Å². The molecule has 0 saturated carbocycles. The Hall–Kier alpha value is -1.04. The average Bonchev–Trinajstić information content (AvgIpc) is 2.44. The lowest BCUT2D eigenvalue weighted by atomic mass is 10.0. The van der Waals surface area contributed by atoms with Gasteiger partial charge >= 0.3 is 0 Å². The van der Waals surface area contributed by atoms with Crippen molar-refractivity contribution < 1.29 is 8.78 Å². The van der Waals surface area contributed by atoms with Crippen LogP contribution in [0.1, 0.15) is 25.5 Å². The highest BCUT2D eigenvalue weighted by Gasteiger charge is 2.27. The topological polar surface area (TPSA) is 32.5 Å². The summed E-state index contributed by atoms with van der Waals surface area (Å²) in [5, 5.41) is 0. The van der Waals surface area contributed by atoms with Crippen LogP contribution in [-0.2, 0) is 0 Å². The van der Waals surface area contributed by atoms with E-state index in [1.807, 2.05) is 0 Å². The van der Waals surface area contributed by atoms with Crippen molar-refractivity contribution in [3.05, 3.63) is 35.4 Å². The van der Waals surface area contributed by atoms with Crippen molar-refractivity contribution in [2.45, 2.75) is 25.9 Å². The summed E-state index contributed by atoms with van der Waals surface area (Å²) in [6.07, 6.45) is 0.